The Hall–Kier alpha value is -1.18. The predicted octanol–water partition coefficient (Wildman–Crippen LogP) is -2.10. The van der Waals surface area contributed by atoms with Crippen LogP contribution in [0.1, 0.15) is 6.92 Å². The molecule has 2 amide bonds. The van der Waals surface area contributed by atoms with Gasteiger partial charge in [0.1, 0.15) is 6.61 Å². The van der Waals surface area contributed by atoms with Crippen LogP contribution in [0.4, 0.5) is 0 Å². The standard InChI is InChI=1S/C11H22N4O3/c1-9(15-5-2-13-3-6-15)11(17)14-4-7-18-8-10(12)16/h9,13H,2-8H2,1H3,(H2,12,16)(H,14,17). The van der Waals surface area contributed by atoms with E-state index in [9.17, 15) is 9.59 Å². The van der Waals surface area contributed by atoms with Gasteiger partial charge in [0.05, 0.1) is 12.6 Å². The summed E-state index contributed by atoms with van der Waals surface area (Å²) in [6.07, 6.45) is 0. The summed E-state index contributed by atoms with van der Waals surface area (Å²) in [5, 5.41) is 6.02. The summed E-state index contributed by atoms with van der Waals surface area (Å²) >= 11 is 0. The molecule has 0 aromatic rings. The Labute approximate surface area is 107 Å². The molecular weight excluding hydrogens is 236 g/mol. The first kappa shape index (κ1) is 14.9. The van der Waals surface area contributed by atoms with Gasteiger partial charge in [-0.25, -0.2) is 0 Å². The van der Waals surface area contributed by atoms with Gasteiger partial charge in [0.15, 0.2) is 0 Å². The highest BCUT2D eigenvalue weighted by molar-refractivity contribution is 5.81. The number of hydrogen-bond acceptors (Lipinski definition) is 5. The van der Waals surface area contributed by atoms with E-state index in [4.69, 9.17) is 10.5 Å². The van der Waals surface area contributed by atoms with Crippen LogP contribution in [0.5, 0.6) is 0 Å². The number of nitrogens with two attached hydrogens (primary N) is 1. The highest BCUT2D eigenvalue weighted by Gasteiger charge is 2.21. The first-order valence-corrected chi connectivity index (χ1v) is 6.20. The molecule has 7 nitrogen and oxygen atoms in total. The van der Waals surface area contributed by atoms with E-state index in [0.29, 0.717) is 13.2 Å². The van der Waals surface area contributed by atoms with Crippen LogP contribution in [-0.4, -0.2) is 68.7 Å². The molecule has 104 valence electrons. The molecule has 0 radical (unpaired) electrons. The zero-order chi connectivity index (χ0) is 13.4. The Morgan fingerprint density at radius 1 is 1.44 bits per heavy atom. The number of piperazine rings is 1. The molecule has 1 rings (SSSR count). The van der Waals surface area contributed by atoms with Crippen molar-refractivity contribution in [2.75, 3.05) is 45.9 Å². The topological polar surface area (TPSA) is 96.7 Å². The van der Waals surface area contributed by atoms with Crippen molar-refractivity contribution in [1.82, 2.24) is 15.5 Å². The summed E-state index contributed by atoms with van der Waals surface area (Å²) in [5.41, 5.74) is 4.92. The third kappa shape index (κ3) is 5.44. The molecule has 18 heavy (non-hydrogen) atoms. The normalized spacial score (nSPS) is 18.3. The molecular formula is C11H22N4O3. The second-order valence-electron chi connectivity index (χ2n) is 4.27. The molecule has 0 spiro atoms. The minimum Gasteiger partial charge on any atom is -0.370 e. The molecule has 1 saturated heterocycles. The van der Waals surface area contributed by atoms with E-state index in [1.807, 2.05) is 6.92 Å². The van der Waals surface area contributed by atoms with Crippen LogP contribution < -0.4 is 16.4 Å². The maximum Gasteiger partial charge on any atom is 0.243 e. The molecule has 0 saturated carbocycles. The van der Waals surface area contributed by atoms with Gasteiger partial charge < -0.3 is 21.1 Å². The Balaban J connectivity index is 2.13. The van der Waals surface area contributed by atoms with Crippen molar-refractivity contribution in [3.63, 3.8) is 0 Å². The lowest BCUT2D eigenvalue weighted by Crippen LogP contribution is -2.53. The molecule has 0 aromatic carbocycles. The van der Waals surface area contributed by atoms with Gasteiger partial charge in [0, 0.05) is 32.7 Å². The van der Waals surface area contributed by atoms with Crippen LogP contribution in [0.25, 0.3) is 0 Å². The van der Waals surface area contributed by atoms with Crippen molar-refractivity contribution in [3.05, 3.63) is 0 Å². The molecule has 7 heteroatoms. The molecule has 0 aliphatic carbocycles. The fourth-order valence-corrected chi connectivity index (χ4v) is 1.80. The molecule has 1 aliphatic rings. The third-order valence-electron chi connectivity index (χ3n) is 2.87. The van der Waals surface area contributed by atoms with Gasteiger partial charge in [0.25, 0.3) is 0 Å². The zero-order valence-electron chi connectivity index (χ0n) is 10.8. The zero-order valence-corrected chi connectivity index (χ0v) is 10.8. The van der Waals surface area contributed by atoms with Crippen LogP contribution in [0, 0.1) is 0 Å². The van der Waals surface area contributed by atoms with Crippen molar-refractivity contribution in [3.8, 4) is 0 Å². The highest BCUT2D eigenvalue weighted by atomic mass is 16.5. The van der Waals surface area contributed by atoms with Gasteiger partial charge in [-0.2, -0.15) is 0 Å². The number of carbonyl (C=O) groups excluding carboxylic acids is 2. The van der Waals surface area contributed by atoms with Crippen LogP contribution in [0.15, 0.2) is 0 Å². The summed E-state index contributed by atoms with van der Waals surface area (Å²) in [6.45, 7) is 6.07. The van der Waals surface area contributed by atoms with Crippen LogP contribution >= 0.6 is 0 Å². The van der Waals surface area contributed by atoms with Crippen molar-refractivity contribution in [2.24, 2.45) is 5.73 Å². The number of nitrogens with zero attached hydrogens (tertiary/aromatic N) is 1. The van der Waals surface area contributed by atoms with Gasteiger partial charge in [-0.3, -0.25) is 14.5 Å². The van der Waals surface area contributed by atoms with Gasteiger partial charge >= 0.3 is 0 Å². The first-order valence-electron chi connectivity index (χ1n) is 6.20. The van der Waals surface area contributed by atoms with Crippen LogP contribution in [0.2, 0.25) is 0 Å². The summed E-state index contributed by atoms with van der Waals surface area (Å²) in [5.74, 6) is -0.518. The summed E-state index contributed by atoms with van der Waals surface area (Å²) in [4.78, 5) is 24.4. The van der Waals surface area contributed by atoms with Crippen molar-refractivity contribution in [1.29, 1.82) is 0 Å². The molecule has 1 heterocycles. The van der Waals surface area contributed by atoms with E-state index < -0.39 is 5.91 Å². The average Bonchev–Trinajstić information content (AvgIpc) is 2.38. The minimum atomic E-state index is -0.504. The summed E-state index contributed by atoms with van der Waals surface area (Å²) in [7, 11) is 0. The molecule has 0 aromatic heterocycles. The smallest absolute Gasteiger partial charge is 0.243 e. The van der Waals surface area contributed by atoms with E-state index in [1.54, 1.807) is 0 Å². The van der Waals surface area contributed by atoms with E-state index in [-0.39, 0.29) is 18.6 Å². The number of primary amides is 1. The number of carbonyl (C=O) groups is 2. The van der Waals surface area contributed by atoms with E-state index >= 15 is 0 Å². The summed E-state index contributed by atoms with van der Waals surface area (Å²) in [6, 6.07) is -0.136. The van der Waals surface area contributed by atoms with E-state index in [0.717, 1.165) is 26.2 Å². The fraction of sp³-hybridized carbons (Fsp3) is 0.818. The molecule has 0 bridgehead atoms. The van der Waals surface area contributed by atoms with Gasteiger partial charge in [-0.1, -0.05) is 0 Å². The molecule has 1 fully saturated rings. The molecule has 1 aliphatic heterocycles. The predicted molar refractivity (Wildman–Crippen MR) is 66.9 cm³/mol. The lowest BCUT2D eigenvalue weighted by Gasteiger charge is -2.31. The van der Waals surface area contributed by atoms with Crippen molar-refractivity contribution < 1.29 is 14.3 Å². The number of hydrogen-bond donors (Lipinski definition) is 3. The second-order valence-corrected chi connectivity index (χ2v) is 4.27. The molecule has 1 atom stereocenters. The van der Waals surface area contributed by atoms with Crippen molar-refractivity contribution in [2.45, 2.75) is 13.0 Å². The first-order chi connectivity index (χ1) is 8.61. The number of rotatable bonds is 7. The number of ether oxygens (including phenoxy) is 1. The highest BCUT2D eigenvalue weighted by Crippen LogP contribution is 2.00. The Morgan fingerprint density at radius 3 is 2.72 bits per heavy atom. The lowest BCUT2D eigenvalue weighted by molar-refractivity contribution is -0.126. The Bertz CT molecular complexity index is 279. The van der Waals surface area contributed by atoms with Gasteiger partial charge in [0.2, 0.25) is 11.8 Å². The number of amides is 2. The maximum atomic E-state index is 11.8. The van der Waals surface area contributed by atoms with Gasteiger partial charge in [-0.15, -0.1) is 0 Å². The lowest BCUT2D eigenvalue weighted by atomic mass is 10.2. The molecule has 1 unspecified atom stereocenters. The largest absolute Gasteiger partial charge is 0.370 e. The Kier molecular flexibility index (Phi) is 6.63. The SMILES string of the molecule is CC(C(=O)NCCOCC(N)=O)N1CCNCC1. The summed E-state index contributed by atoms with van der Waals surface area (Å²) < 4.78 is 4.96. The molecule has 4 N–H and O–H groups in total. The third-order valence-corrected chi connectivity index (χ3v) is 2.87. The maximum absolute atomic E-state index is 11.8. The monoisotopic (exact) mass is 258 g/mol. The fourth-order valence-electron chi connectivity index (χ4n) is 1.80. The van der Waals surface area contributed by atoms with Crippen LogP contribution in [0.3, 0.4) is 0 Å². The average molecular weight is 258 g/mol. The number of nitrogens with one attached hydrogen (secondary N) is 2. The van der Waals surface area contributed by atoms with E-state index in [2.05, 4.69) is 15.5 Å². The van der Waals surface area contributed by atoms with Crippen LogP contribution in [-0.2, 0) is 14.3 Å². The van der Waals surface area contributed by atoms with E-state index in [1.165, 1.54) is 0 Å². The minimum absolute atomic E-state index is 0.0143. The quantitative estimate of drug-likeness (QED) is 0.454. The Morgan fingerprint density at radius 2 is 2.11 bits per heavy atom. The second kappa shape index (κ2) is 8.02. The van der Waals surface area contributed by atoms with Crippen molar-refractivity contribution >= 4 is 11.8 Å². The van der Waals surface area contributed by atoms with Gasteiger partial charge in [-0.05, 0) is 6.92 Å².